The molecular formula is C23H26N2O7. The Balaban J connectivity index is 0.000000352. The van der Waals surface area contributed by atoms with Crippen molar-refractivity contribution in [2.75, 3.05) is 18.6 Å². The van der Waals surface area contributed by atoms with Crippen LogP contribution in [0.2, 0.25) is 0 Å². The van der Waals surface area contributed by atoms with E-state index in [1.54, 1.807) is 0 Å². The highest BCUT2D eigenvalue weighted by Gasteiger charge is 2.50. The van der Waals surface area contributed by atoms with Crippen LogP contribution in [0, 0.1) is 17.8 Å². The van der Waals surface area contributed by atoms with Gasteiger partial charge in [0.15, 0.2) is 0 Å². The third-order valence-corrected chi connectivity index (χ3v) is 5.53. The average molecular weight is 442 g/mol. The fraction of sp³-hybridized carbons (Fsp3) is 0.304. The predicted molar refractivity (Wildman–Crippen MR) is 116 cm³/mol. The van der Waals surface area contributed by atoms with E-state index in [2.05, 4.69) is 0 Å². The van der Waals surface area contributed by atoms with Crippen molar-refractivity contribution in [1.29, 1.82) is 0 Å². The Labute approximate surface area is 185 Å². The Morgan fingerprint density at radius 3 is 2.41 bits per heavy atom. The molecule has 1 aliphatic carbocycles. The molecule has 4 atom stereocenters. The summed E-state index contributed by atoms with van der Waals surface area (Å²) >= 11 is 0. The van der Waals surface area contributed by atoms with Gasteiger partial charge in [-0.15, -0.1) is 0 Å². The van der Waals surface area contributed by atoms with Gasteiger partial charge in [0.1, 0.15) is 11.5 Å². The topological polar surface area (TPSA) is 154 Å². The number of phenols is 1. The lowest BCUT2D eigenvalue weighted by molar-refractivity contribution is -0.162. The summed E-state index contributed by atoms with van der Waals surface area (Å²) in [5.41, 5.74) is 12.1. The maximum Gasteiger partial charge on any atom is 0.342 e. The summed E-state index contributed by atoms with van der Waals surface area (Å²) in [4.78, 5) is 24.4. The number of esters is 2. The van der Waals surface area contributed by atoms with Gasteiger partial charge in [-0.1, -0.05) is 18.2 Å². The molecule has 2 aromatic rings. The van der Waals surface area contributed by atoms with Gasteiger partial charge in [0.25, 0.3) is 0 Å². The molecule has 0 spiro atoms. The zero-order valence-corrected chi connectivity index (χ0v) is 17.5. The highest BCUT2D eigenvalue weighted by atomic mass is 16.6. The van der Waals surface area contributed by atoms with Gasteiger partial charge in [0.05, 0.1) is 30.6 Å². The molecule has 1 fully saturated rings. The molecule has 9 nitrogen and oxygen atoms in total. The Morgan fingerprint density at radius 1 is 1.09 bits per heavy atom. The van der Waals surface area contributed by atoms with Crippen LogP contribution in [0.4, 0.5) is 11.4 Å². The minimum Gasteiger partial charge on any atom is -0.506 e. The van der Waals surface area contributed by atoms with Gasteiger partial charge in [-0.2, -0.15) is 0 Å². The number of carbonyl (C=O) groups is 2. The van der Waals surface area contributed by atoms with Gasteiger partial charge in [-0.3, -0.25) is 4.79 Å². The summed E-state index contributed by atoms with van der Waals surface area (Å²) in [6.07, 6.45) is 0.994. The summed E-state index contributed by atoms with van der Waals surface area (Å²) in [6.45, 7) is 0. The number of phenolic OH excluding ortho intramolecular Hbond substituents is 1. The normalized spacial score (nSPS) is 23.5. The number of rotatable bonds is 3. The molecule has 0 radical (unpaired) electrons. The van der Waals surface area contributed by atoms with E-state index in [1.165, 1.54) is 31.6 Å². The molecule has 1 aliphatic heterocycles. The van der Waals surface area contributed by atoms with Crippen LogP contribution in [0.5, 0.6) is 11.5 Å². The van der Waals surface area contributed by atoms with Crippen LogP contribution in [-0.4, -0.2) is 35.6 Å². The van der Waals surface area contributed by atoms with E-state index in [1.807, 2.05) is 30.3 Å². The van der Waals surface area contributed by atoms with Crippen LogP contribution < -0.4 is 16.2 Å². The number of ether oxygens (including phenoxy) is 3. The number of nitrogens with two attached hydrogens (primary N) is 2. The van der Waals surface area contributed by atoms with Crippen LogP contribution in [0.3, 0.4) is 0 Å². The summed E-state index contributed by atoms with van der Waals surface area (Å²) < 4.78 is 15.2. The smallest absolute Gasteiger partial charge is 0.342 e. The zero-order chi connectivity index (χ0) is 23.3. The Morgan fingerprint density at radius 2 is 1.81 bits per heavy atom. The number of aliphatic hydroxyl groups excluding tert-OH is 1. The second-order valence-corrected chi connectivity index (χ2v) is 7.51. The van der Waals surface area contributed by atoms with Gasteiger partial charge in [0.2, 0.25) is 6.29 Å². The lowest BCUT2D eigenvalue weighted by Gasteiger charge is -2.32. The van der Waals surface area contributed by atoms with Crippen molar-refractivity contribution in [2.24, 2.45) is 17.8 Å². The summed E-state index contributed by atoms with van der Waals surface area (Å²) in [5, 5.41) is 19.7. The minimum atomic E-state index is -1.19. The van der Waals surface area contributed by atoms with Gasteiger partial charge in [-0.25, -0.2) is 4.79 Å². The first-order chi connectivity index (χ1) is 15.3. The summed E-state index contributed by atoms with van der Waals surface area (Å²) in [7, 11) is 1.28. The maximum absolute atomic E-state index is 12.5. The lowest BCUT2D eigenvalue weighted by atomic mass is 9.83. The average Bonchev–Trinajstić information content (AvgIpc) is 3.23. The van der Waals surface area contributed by atoms with Crippen molar-refractivity contribution >= 4 is 23.3 Å². The summed E-state index contributed by atoms with van der Waals surface area (Å²) in [6, 6.07) is 13.6. The van der Waals surface area contributed by atoms with E-state index in [-0.39, 0.29) is 28.7 Å². The fourth-order valence-electron chi connectivity index (χ4n) is 3.94. The molecule has 0 bridgehead atoms. The number of methoxy groups -OCH3 is 1. The number of anilines is 2. The highest BCUT2D eigenvalue weighted by molar-refractivity contribution is 5.91. The second-order valence-electron chi connectivity index (χ2n) is 7.51. The van der Waals surface area contributed by atoms with Gasteiger partial charge >= 0.3 is 11.9 Å². The molecule has 1 saturated carbocycles. The van der Waals surface area contributed by atoms with Crippen molar-refractivity contribution in [3.8, 4) is 11.5 Å². The van der Waals surface area contributed by atoms with Crippen molar-refractivity contribution in [3.63, 3.8) is 0 Å². The standard InChI is InChI=1S/C17H19NO7.C6H7N/c1-23-15(20)10-4-3-9-11(7-24-17(22)14(9)10)16(21)25-8-2-5-12(18)13(19)6-8;7-6-4-2-1-3-5-6/h2,5-7,9-10,14,17,19,22H,3-4,18H2,1H3;1-5H,7H2. The van der Waals surface area contributed by atoms with Crippen LogP contribution in [0.25, 0.3) is 0 Å². The van der Waals surface area contributed by atoms with Crippen LogP contribution in [0.15, 0.2) is 60.4 Å². The SMILES string of the molecule is COC(=O)C1CCC2C(C(=O)Oc3ccc(N)c(O)c3)=COC(O)C12.Nc1ccccc1. The van der Waals surface area contributed by atoms with Crippen LogP contribution >= 0.6 is 0 Å². The number of aromatic hydroxyl groups is 1. The maximum atomic E-state index is 12.5. The number of aliphatic hydroxyl groups is 1. The van der Waals surface area contributed by atoms with E-state index in [0.29, 0.717) is 12.8 Å². The molecule has 0 aromatic heterocycles. The number of carbonyl (C=O) groups excluding carboxylic acids is 2. The molecule has 2 aromatic carbocycles. The first-order valence-electron chi connectivity index (χ1n) is 10.0. The van der Waals surface area contributed by atoms with Crippen LogP contribution in [0.1, 0.15) is 12.8 Å². The van der Waals surface area contributed by atoms with Gasteiger partial charge < -0.3 is 35.9 Å². The van der Waals surface area contributed by atoms with Crippen molar-refractivity contribution in [3.05, 3.63) is 60.4 Å². The zero-order valence-electron chi connectivity index (χ0n) is 17.5. The number of nitrogen functional groups attached to an aromatic ring is 2. The Kier molecular flexibility index (Phi) is 7.21. The number of hydrogen-bond donors (Lipinski definition) is 4. The number of para-hydroxylation sites is 1. The highest BCUT2D eigenvalue weighted by Crippen LogP contribution is 2.46. The quantitative estimate of drug-likeness (QED) is 0.242. The third-order valence-electron chi connectivity index (χ3n) is 5.53. The summed E-state index contributed by atoms with van der Waals surface area (Å²) in [5.74, 6) is -2.66. The third kappa shape index (κ3) is 5.12. The molecule has 4 rings (SSSR count). The predicted octanol–water partition coefficient (Wildman–Crippen LogP) is 2.20. The molecule has 6 N–H and O–H groups in total. The Bertz CT molecular complexity index is 993. The molecule has 1 heterocycles. The molecule has 0 saturated heterocycles. The Hall–Kier alpha value is -3.72. The van der Waals surface area contributed by atoms with Crippen molar-refractivity contribution in [2.45, 2.75) is 19.1 Å². The first-order valence-corrected chi connectivity index (χ1v) is 10.0. The number of benzene rings is 2. The van der Waals surface area contributed by atoms with E-state index in [4.69, 9.17) is 25.7 Å². The second kappa shape index (κ2) is 10.1. The molecule has 2 aliphatic rings. The van der Waals surface area contributed by atoms with E-state index < -0.39 is 30.1 Å². The van der Waals surface area contributed by atoms with Crippen molar-refractivity contribution < 1.29 is 34.0 Å². The number of hydrogen-bond acceptors (Lipinski definition) is 9. The largest absolute Gasteiger partial charge is 0.506 e. The van der Waals surface area contributed by atoms with E-state index >= 15 is 0 Å². The lowest BCUT2D eigenvalue weighted by Crippen LogP contribution is -2.39. The van der Waals surface area contributed by atoms with E-state index in [0.717, 1.165) is 5.69 Å². The molecule has 32 heavy (non-hydrogen) atoms. The molecular weight excluding hydrogens is 416 g/mol. The van der Waals surface area contributed by atoms with E-state index in [9.17, 15) is 19.8 Å². The fourth-order valence-corrected chi connectivity index (χ4v) is 3.94. The van der Waals surface area contributed by atoms with Gasteiger partial charge in [0, 0.05) is 23.6 Å². The van der Waals surface area contributed by atoms with Crippen LogP contribution in [-0.2, 0) is 19.1 Å². The molecule has 170 valence electrons. The molecule has 0 amide bonds. The van der Waals surface area contributed by atoms with Crippen molar-refractivity contribution in [1.82, 2.24) is 0 Å². The van der Waals surface area contributed by atoms with Gasteiger partial charge in [-0.05, 0) is 37.1 Å². The minimum absolute atomic E-state index is 0.128. The first kappa shape index (κ1) is 23.0. The molecule has 4 unspecified atom stereocenters. The monoisotopic (exact) mass is 442 g/mol. The molecule has 9 heteroatoms. The number of fused-ring (bicyclic) bond motifs is 1.